The second kappa shape index (κ2) is 2.85. The van der Waals surface area contributed by atoms with Crippen LogP contribution in [0.2, 0.25) is 0 Å². The SMILES string of the molecule is CC1CC=NCCC1. The Labute approximate surface area is 50.8 Å². The third-order valence-electron chi connectivity index (χ3n) is 1.62. The Kier molecular flexibility index (Phi) is 2.07. The molecule has 0 amide bonds. The fourth-order valence-electron chi connectivity index (χ4n) is 0.995. The van der Waals surface area contributed by atoms with E-state index >= 15 is 0 Å². The van der Waals surface area contributed by atoms with Gasteiger partial charge in [-0.2, -0.15) is 0 Å². The largest absolute Gasteiger partial charge is 0.298 e. The number of hydrogen-bond acceptors (Lipinski definition) is 1. The number of nitrogens with zero attached hydrogens (tertiary/aromatic N) is 1. The van der Waals surface area contributed by atoms with Gasteiger partial charge in [0.25, 0.3) is 0 Å². The maximum absolute atomic E-state index is 4.20. The summed E-state index contributed by atoms with van der Waals surface area (Å²) in [6.07, 6.45) is 5.91. The third kappa shape index (κ3) is 1.65. The van der Waals surface area contributed by atoms with Crippen molar-refractivity contribution in [1.29, 1.82) is 0 Å². The van der Waals surface area contributed by atoms with E-state index in [2.05, 4.69) is 18.1 Å². The Balaban J connectivity index is 2.30. The molecule has 0 fully saturated rings. The highest BCUT2D eigenvalue weighted by molar-refractivity contribution is 5.57. The number of aliphatic imine (C=N–C) groups is 1. The molecule has 1 heterocycles. The lowest BCUT2D eigenvalue weighted by atomic mass is 10.0. The zero-order valence-electron chi connectivity index (χ0n) is 5.43. The van der Waals surface area contributed by atoms with E-state index in [0.717, 1.165) is 12.5 Å². The van der Waals surface area contributed by atoms with Gasteiger partial charge in [0.05, 0.1) is 0 Å². The minimum Gasteiger partial charge on any atom is -0.298 e. The quantitative estimate of drug-likeness (QED) is 0.452. The van der Waals surface area contributed by atoms with Crippen molar-refractivity contribution in [2.45, 2.75) is 26.2 Å². The average Bonchev–Trinajstić information content (AvgIpc) is 1.94. The molecule has 0 aromatic carbocycles. The Morgan fingerprint density at radius 3 is 3.38 bits per heavy atom. The van der Waals surface area contributed by atoms with Crippen LogP contribution in [0.1, 0.15) is 26.2 Å². The van der Waals surface area contributed by atoms with E-state index in [0.29, 0.717) is 0 Å². The van der Waals surface area contributed by atoms with Crippen LogP contribution in [0.3, 0.4) is 0 Å². The normalized spacial score (nSPS) is 29.9. The van der Waals surface area contributed by atoms with E-state index in [4.69, 9.17) is 0 Å². The van der Waals surface area contributed by atoms with Crippen LogP contribution in [-0.2, 0) is 0 Å². The topological polar surface area (TPSA) is 12.4 Å². The highest BCUT2D eigenvalue weighted by atomic mass is 14.7. The summed E-state index contributed by atoms with van der Waals surface area (Å²) in [5.74, 6) is 0.876. The highest BCUT2D eigenvalue weighted by Gasteiger charge is 2.01. The molecule has 0 saturated heterocycles. The van der Waals surface area contributed by atoms with E-state index in [9.17, 15) is 0 Å². The summed E-state index contributed by atoms with van der Waals surface area (Å²) in [4.78, 5) is 4.20. The first-order chi connectivity index (χ1) is 3.89. The van der Waals surface area contributed by atoms with Crippen LogP contribution in [0, 0.1) is 5.92 Å². The first-order valence-electron chi connectivity index (χ1n) is 3.38. The van der Waals surface area contributed by atoms with Crippen LogP contribution in [0.15, 0.2) is 4.99 Å². The van der Waals surface area contributed by atoms with E-state index in [1.165, 1.54) is 19.3 Å². The van der Waals surface area contributed by atoms with Crippen LogP contribution in [0.5, 0.6) is 0 Å². The van der Waals surface area contributed by atoms with Crippen molar-refractivity contribution in [3.05, 3.63) is 0 Å². The predicted octanol–water partition coefficient (Wildman–Crippen LogP) is 1.88. The molecular formula is C7H13N. The van der Waals surface area contributed by atoms with Crippen molar-refractivity contribution in [3.8, 4) is 0 Å². The van der Waals surface area contributed by atoms with Gasteiger partial charge < -0.3 is 0 Å². The van der Waals surface area contributed by atoms with E-state index in [1.54, 1.807) is 0 Å². The second-order valence-corrected chi connectivity index (χ2v) is 2.57. The van der Waals surface area contributed by atoms with Crippen molar-refractivity contribution in [2.75, 3.05) is 6.54 Å². The summed E-state index contributed by atoms with van der Waals surface area (Å²) < 4.78 is 0. The first kappa shape index (κ1) is 5.80. The predicted molar refractivity (Wildman–Crippen MR) is 36.4 cm³/mol. The molecule has 0 aromatic heterocycles. The second-order valence-electron chi connectivity index (χ2n) is 2.57. The zero-order chi connectivity index (χ0) is 5.82. The fourth-order valence-corrected chi connectivity index (χ4v) is 0.995. The van der Waals surface area contributed by atoms with E-state index in [1.807, 2.05) is 0 Å². The molecular weight excluding hydrogens is 98.1 g/mol. The molecule has 1 atom stereocenters. The molecule has 46 valence electrons. The molecule has 1 heteroatoms. The Morgan fingerprint density at radius 1 is 1.62 bits per heavy atom. The lowest BCUT2D eigenvalue weighted by molar-refractivity contribution is 0.549. The van der Waals surface area contributed by atoms with Gasteiger partial charge in [-0.05, 0) is 31.4 Å². The zero-order valence-corrected chi connectivity index (χ0v) is 5.43. The molecule has 0 spiro atoms. The number of rotatable bonds is 0. The van der Waals surface area contributed by atoms with Crippen LogP contribution < -0.4 is 0 Å². The summed E-state index contributed by atoms with van der Waals surface area (Å²) in [5, 5.41) is 0. The summed E-state index contributed by atoms with van der Waals surface area (Å²) in [5.41, 5.74) is 0. The molecule has 0 aromatic rings. The first-order valence-corrected chi connectivity index (χ1v) is 3.38. The monoisotopic (exact) mass is 111 g/mol. The Hall–Kier alpha value is -0.330. The molecule has 1 rings (SSSR count). The van der Waals surface area contributed by atoms with Crippen molar-refractivity contribution >= 4 is 6.21 Å². The van der Waals surface area contributed by atoms with Crippen LogP contribution >= 0.6 is 0 Å². The third-order valence-corrected chi connectivity index (χ3v) is 1.62. The van der Waals surface area contributed by atoms with E-state index < -0.39 is 0 Å². The minimum atomic E-state index is 0.876. The summed E-state index contributed by atoms with van der Waals surface area (Å²) >= 11 is 0. The Bertz CT molecular complexity index is 86.4. The number of hydrogen-bond donors (Lipinski definition) is 0. The van der Waals surface area contributed by atoms with Gasteiger partial charge in [0, 0.05) is 6.54 Å². The van der Waals surface area contributed by atoms with Crippen molar-refractivity contribution in [3.63, 3.8) is 0 Å². The van der Waals surface area contributed by atoms with Crippen molar-refractivity contribution in [2.24, 2.45) is 10.9 Å². The lowest BCUT2D eigenvalue weighted by Gasteiger charge is -2.00. The molecule has 0 N–H and O–H groups in total. The smallest absolute Gasteiger partial charge is 0.0385 e. The minimum absolute atomic E-state index is 0.876. The van der Waals surface area contributed by atoms with Gasteiger partial charge in [-0.15, -0.1) is 0 Å². The molecule has 1 unspecified atom stereocenters. The summed E-state index contributed by atoms with van der Waals surface area (Å²) in [6.45, 7) is 3.35. The van der Waals surface area contributed by atoms with E-state index in [-0.39, 0.29) is 0 Å². The summed E-state index contributed by atoms with van der Waals surface area (Å²) in [6, 6.07) is 0. The Morgan fingerprint density at radius 2 is 2.50 bits per heavy atom. The summed E-state index contributed by atoms with van der Waals surface area (Å²) in [7, 11) is 0. The van der Waals surface area contributed by atoms with Gasteiger partial charge in [0.1, 0.15) is 0 Å². The highest BCUT2D eigenvalue weighted by Crippen LogP contribution is 2.10. The van der Waals surface area contributed by atoms with Gasteiger partial charge in [-0.3, -0.25) is 4.99 Å². The standard InChI is InChI=1S/C7H13N/c1-7-3-2-5-8-6-4-7/h6-7H,2-5H2,1H3. The molecule has 1 nitrogen and oxygen atoms in total. The molecule has 1 aliphatic heterocycles. The fraction of sp³-hybridized carbons (Fsp3) is 0.857. The molecule has 8 heavy (non-hydrogen) atoms. The van der Waals surface area contributed by atoms with Crippen LogP contribution in [0.4, 0.5) is 0 Å². The average molecular weight is 111 g/mol. The molecule has 0 radical (unpaired) electrons. The molecule has 1 aliphatic rings. The maximum Gasteiger partial charge on any atom is 0.0385 e. The van der Waals surface area contributed by atoms with Gasteiger partial charge in [-0.25, -0.2) is 0 Å². The lowest BCUT2D eigenvalue weighted by Crippen LogP contribution is -1.91. The van der Waals surface area contributed by atoms with Crippen LogP contribution in [-0.4, -0.2) is 12.8 Å². The van der Waals surface area contributed by atoms with Crippen molar-refractivity contribution < 1.29 is 0 Å². The molecule has 0 bridgehead atoms. The van der Waals surface area contributed by atoms with Gasteiger partial charge in [-0.1, -0.05) is 6.92 Å². The van der Waals surface area contributed by atoms with Crippen molar-refractivity contribution in [1.82, 2.24) is 0 Å². The van der Waals surface area contributed by atoms with Gasteiger partial charge in [0.2, 0.25) is 0 Å². The maximum atomic E-state index is 4.20. The van der Waals surface area contributed by atoms with Crippen LogP contribution in [0.25, 0.3) is 0 Å². The van der Waals surface area contributed by atoms with Gasteiger partial charge >= 0.3 is 0 Å². The van der Waals surface area contributed by atoms with Gasteiger partial charge in [0.15, 0.2) is 0 Å². The molecule has 0 saturated carbocycles. The molecule has 0 aliphatic carbocycles.